The van der Waals surface area contributed by atoms with Crippen molar-refractivity contribution in [1.82, 2.24) is 9.80 Å². The molecule has 16 heavy (non-hydrogen) atoms. The van der Waals surface area contributed by atoms with Crippen LogP contribution in [0.3, 0.4) is 0 Å². The smallest absolute Gasteiger partial charge is 0.223 e. The maximum absolute atomic E-state index is 11.5. The lowest BCUT2D eigenvalue weighted by Gasteiger charge is -2.34. The second kappa shape index (κ2) is 5.99. The molecule has 1 atom stereocenters. The van der Waals surface area contributed by atoms with Gasteiger partial charge >= 0.3 is 0 Å². The molecule has 0 aromatic heterocycles. The van der Waals surface area contributed by atoms with Gasteiger partial charge in [0, 0.05) is 27.1 Å². The van der Waals surface area contributed by atoms with E-state index in [0.29, 0.717) is 13.0 Å². The first-order chi connectivity index (χ1) is 7.52. The summed E-state index contributed by atoms with van der Waals surface area (Å²) < 4.78 is 0. The molecule has 1 heterocycles. The van der Waals surface area contributed by atoms with Crippen molar-refractivity contribution in [3.05, 3.63) is 0 Å². The highest BCUT2D eigenvalue weighted by Gasteiger charge is 2.26. The maximum Gasteiger partial charge on any atom is 0.223 e. The number of ketones is 1. The third-order valence-corrected chi connectivity index (χ3v) is 3.19. The zero-order chi connectivity index (χ0) is 12.1. The standard InChI is InChI=1S/C12H22N2O2/c1-10(15)11-6-4-5-8-14(11)9-7-12(16)13(2)3/h11H,4-9H2,1-3H3. The minimum atomic E-state index is 0.0451. The predicted octanol–water partition coefficient (Wildman–Crippen LogP) is 0.908. The molecule has 0 aromatic rings. The first-order valence-corrected chi connectivity index (χ1v) is 5.97. The molecular weight excluding hydrogens is 204 g/mol. The molecule has 1 aliphatic heterocycles. The van der Waals surface area contributed by atoms with Crippen LogP contribution < -0.4 is 0 Å². The Morgan fingerprint density at radius 3 is 2.56 bits per heavy atom. The van der Waals surface area contributed by atoms with Crippen LogP contribution in [-0.4, -0.2) is 54.7 Å². The monoisotopic (exact) mass is 226 g/mol. The minimum Gasteiger partial charge on any atom is -0.349 e. The molecule has 1 fully saturated rings. The average molecular weight is 226 g/mol. The van der Waals surface area contributed by atoms with E-state index >= 15 is 0 Å². The molecule has 1 saturated heterocycles. The van der Waals surface area contributed by atoms with Crippen LogP contribution in [0.15, 0.2) is 0 Å². The second-order valence-electron chi connectivity index (χ2n) is 4.70. The average Bonchev–Trinajstić information content (AvgIpc) is 2.25. The number of hydrogen-bond donors (Lipinski definition) is 0. The van der Waals surface area contributed by atoms with Crippen molar-refractivity contribution < 1.29 is 9.59 Å². The number of rotatable bonds is 4. The van der Waals surface area contributed by atoms with E-state index in [2.05, 4.69) is 4.90 Å². The largest absolute Gasteiger partial charge is 0.349 e. The van der Waals surface area contributed by atoms with E-state index in [1.165, 1.54) is 0 Å². The maximum atomic E-state index is 11.5. The summed E-state index contributed by atoms with van der Waals surface area (Å²) in [6, 6.07) is 0.0451. The van der Waals surface area contributed by atoms with E-state index in [9.17, 15) is 9.59 Å². The van der Waals surface area contributed by atoms with Crippen molar-refractivity contribution >= 4 is 11.7 Å². The second-order valence-corrected chi connectivity index (χ2v) is 4.70. The van der Waals surface area contributed by atoms with E-state index in [0.717, 1.165) is 25.8 Å². The fraction of sp³-hybridized carbons (Fsp3) is 0.833. The molecule has 92 valence electrons. The topological polar surface area (TPSA) is 40.6 Å². The first-order valence-electron chi connectivity index (χ1n) is 5.97. The summed E-state index contributed by atoms with van der Waals surface area (Å²) in [5.41, 5.74) is 0. The normalized spacial score (nSPS) is 21.8. The molecular formula is C12H22N2O2. The van der Waals surface area contributed by atoms with E-state index < -0.39 is 0 Å². The van der Waals surface area contributed by atoms with Crippen molar-refractivity contribution in [3.8, 4) is 0 Å². The SMILES string of the molecule is CC(=O)C1CCCCN1CCC(=O)N(C)C. The molecule has 0 N–H and O–H groups in total. The number of likely N-dealkylation sites (tertiary alicyclic amines) is 1. The number of piperidine rings is 1. The Bertz CT molecular complexity index is 264. The van der Waals surface area contributed by atoms with Crippen LogP contribution >= 0.6 is 0 Å². The van der Waals surface area contributed by atoms with Crippen LogP contribution in [0.4, 0.5) is 0 Å². The molecule has 0 aromatic carbocycles. The Labute approximate surface area is 97.6 Å². The number of nitrogens with zero attached hydrogens (tertiary/aromatic N) is 2. The Balaban J connectivity index is 2.44. The molecule has 1 rings (SSSR count). The molecule has 4 nitrogen and oxygen atoms in total. The van der Waals surface area contributed by atoms with Gasteiger partial charge in [0.1, 0.15) is 5.78 Å². The summed E-state index contributed by atoms with van der Waals surface area (Å²) in [5.74, 6) is 0.366. The van der Waals surface area contributed by atoms with Crippen molar-refractivity contribution in [2.45, 2.75) is 38.6 Å². The fourth-order valence-electron chi connectivity index (χ4n) is 2.18. The van der Waals surface area contributed by atoms with Crippen molar-refractivity contribution in [2.75, 3.05) is 27.2 Å². The lowest BCUT2D eigenvalue weighted by molar-refractivity contribution is -0.130. The number of Topliss-reactive ketones (excluding diaryl/α,β-unsaturated/α-hetero) is 1. The quantitative estimate of drug-likeness (QED) is 0.715. The van der Waals surface area contributed by atoms with Gasteiger partial charge in [-0.1, -0.05) is 6.42 Å². The van der Waals surface area contributed by atoms with Crippen LogP contribution in [0.5, 0.6) is 0 Å². The highest BCUT2D eigenvalue weighted by atomic mass is 16.2. The molecule has 0 bridgehead atoms. The van der Waals surface area contributed by atoms with Crippen LogP contribution in [0.2, 0.25) is 0 Å². The van der Waals surface area contributed by atoms with Gasteiger partial charge in [0.2, 0.25) is 5.91 Å². The lowest BCUT2D eigenvalue weighted by atomic mass is 9.99. The third kappa shape index (κ3) is 3.59. The Hall–Kier alpha value is -0.900. The lowest BCUT2D eigenvalue weighted by Crippen LogP contribution is -2.45. The van der Waals surface area contributed by atoms with Crippen LogP contribution in [0, 0.1) is 0 Å². The Kier molecular flexibility index (Phi) is 4.93. The van der Waals surface area contributed by atoms with Gasteiger partial charge in [-0.2, -0.15) is 0 Å². The molecule has 4 heteroatoms. The minimum absolute atomic E-state index is 0.0451. The molecule has 0 saturated carbocycles. The van der Waals surface area contributed by atoms with Crippen LogP contribution in [0.25, 0.3) is 0 Å². The predicted molar refractivity (Wildman–Crippen MR) is 63.2 cm³/mol. The van der Waals surface area contributed by atoms with E-state index in [4.69, 9.17) is 0 Å². The summed E-state index contributed by atoms with van der Waals surface area (Å²) in [6.45, 7) is 3.31. The fourth-order valence-corrected chi connectivity index (χ4v) is 2.18. The van der Waals surface area contributed by atoms with Gasteiger partial charge in [0.25, 0.3) is 0 Å². The summed E-state index contributed by atoms with van der Waals surface area (Å²) in [4.78, 5) is 26.7. The summed E-state index contributed by atoms with van der Waals surface area (Å²) in [5, 5.41) is 0. The first kappa shape index (κ1) is 13.2. The number of carbonyl (C=O) groups is 2. The van der Waals surface area contributed by atoms with Crippen molar-refractivity contribution in [1.29, 1.82) is 0 Å². The van der Waals surface area contributed by atoms with Crippen LogP contribution in [-0.2, 0) is 9.59 Å². The van der Waals surface area contributed by atoms with Crippen molar-refractivity contribution in [2.24, 2.45) is 0 Å². The summed E-state index contributed by atoms with van der Waals surface area (Å²) >= 11 is 0. The van der Waals surface area contributed by atoms with Crippen molar-refractivity contribution in [3.63, 3.8) is 0 Å². The number of carbonyl (C=O) groups excluding carboxylic acids is 2. The van der Waals surface area contributed by atoms with E-state index in [1.54, 1.807) is 25.9 Å². The van der Waals surface area contributed by atoms with Gasteiger partial charge in [0.05, 0.1) is 6.04 Å². The van der Waals surface area contributed by atoms with Gasteiger partial charge in [-0.05, 0) is 26.3 Å². The summed E-state index contributed by atoms with van der Waals surface area (Å²) in [6.07, 6.45) is 3.73. The molecule has 0 spiro atoms. The third-order valence-electron chi connectivity index (χ3n) is 3.19. The van der Waals surface area contributed by atoms with Gasteiger partial charge < -0.3 is 4.90 Å². The number of amides is 1. The van der Waals surface area contributed by atoms with Gasteiger partial charge in [-0.15, -0.1) is 0 Å². The van der Waals surface area contributed by atoms with Gasteiger partial charge in [-0.25, -0.2) is 0 Å². The zero-order valence-electron chi connectivity index (χ0n) is 10.5. The summed E-state index contributed by atoms with van der Waals surface area (Å²) in [7, 11) is 3.53. The highest BCUT2D eigenvalue weighted by molar-refractivity contribution is 5.81. The molecule has 0 aliphatic carbocycles. The van der Waals surface area contributed by atoms with Crippen LogP contribution in [0.1, 0.15) is 32.6 Å². The molecule has 1 unspecified atom stereocenters. The Morgan fingerprint density at radius 1 is 1.31 bits per heavy atom. The van der Waals surface area contributed by atoms with E-state index in [1.807, 2.05) is 0 Å². The Morgan fingerprint density at radius 2 is 2.00 bits per heavy atom. The van der Waals surface area contributed by atoms with E-state index in [-0.39, 0.29) is 17.7 Å². The highest BCUT2D eigenvalue weighted by Crippen LogP contribution is 2.17. The van der Waals surface area contributed by atoms with Gasteiger partial charge in [0.15, 0.2) is 0 Å². The molecule has 0 radical (unpaired) electrons. The molecule has 1 amide bonds. The number of hydrogen-bond acceptors (Lipinski definition) is 3. The van der Waals surface area contributed by atoms with Gasteiger partial charge in [-0.3, -0.25) is 14.5 Å². The zero-order valence-corrected chi connectivity index (χ0v) is 10.5. The molecule has 1 aliphatic rings.